The van der Waals surface area contributed by atoms with Gasteiger partial charge in [0, 0.05) is 21.5 Å². The van der Waals surface area contributed by atoms with Gasteiger partial charge in [-0.3, -0.25) is 24.0 Å². The van der Waals surface area contributed by atoms with Gasteiger partial charge in [0.2, 0.25) is 0 Å². The Morgan fingerprint density at radius 2 is 1.39 bits per heavy atom. The lowest BCUT2D eigenvalue weighted by Gasteiger charge is -2.12. The van der Waals surface area contributed by atoms with E-state index in [0.29, 0.717) is 12.0 Å². The first-order valence-corrected chi connectivity index (χ1v) is 16.9. The Morgan fingerprint density at radius 1 is 0.714 bits per heavy atom. The van der Waals surface area contributed by atoms with Gasteiger partial charge in [-0.2, -0.15) is 21.9 Å². The summed E-state index contributed by atoms with van der Waals surface area (Å²) >= 11 is 0.320. The van der Waals surface area contributed by atoms with Crippen LogP contribution in [0.1, 0.15) is 20.7 Å². The van der Waals surface area contributed by atoms with Crippen LogP contribution < -0.4 is 11.1 Å². The SMILES string of the molecule is Nc1c(S(=O)(=O)O)ccc2c(O)c(N=Nc3ccc(N=Nc4ccc5c(c4)C(=O)NC5=O)c4ccc(S(=O)(=O)O)cc34)c(SOOO)cc12. The number of phenolic OH excluding ortho intramolecular Hbond substituents is 1. The van der Waals surface area contributed by atoms with Gasteiger partial charge in [-0.05, 0) is 60.7 Å². The number of hydrogen-bond acceptors (Lipinski definition) is 16. The van der Waals surface area contributed by atoms with Crippen LogP contribution in [0.5, 0.6) is 5.75 Å². The van der Waals surface area contributed by atoms with E-state index in [1.54, 1.807) is 0 Å². The van der Waals surface area contributed by atoms with Crippen LogP contribution in [0.3, 0.4) is 0 Å². The number of nitrogens with two attached hydrogens (primary N) is 1. The van der Waals surface area contributed by atoms with Gasteiger partial charge in [0.15, 0.2) is 5.75 Å². The van der Waals surface area contributed by atoms with E-state index in [2.05, 4.69) is 35.1 Å². The molecule has 1 aliphatic heterocycles. The van der Waals surface area contributed by atoms with Gasteiger partial charge in [-0.15, -0.1) is 19.7 Å². The minimum absolute atomic E-state index is 0.00294. The second-order valence-electron chi connectivity index (χ2n) is 10.0. The number of anilines is 1. The molecule has 21 heteroatoms. The van der Waals surface area contributed by atoms with E-state index in [1.165, 1.54) is 42.5 Å². The molecule has 0 aliphatic carbocycles. The van der Waals surface area contributed by atoms with Crippen LogP contribution in [0.4, 0.5) is 28.4 Å². The second kappa shape index (κ2) is 12.6. The number of phenols is 1. The van der Waals surface area contributed by atoms with Crippen LogP contribution in [0, 0.1) is 0 Å². The molecule has 1 heterocycles. The van der Waals surface area contributed by atoms with Crippen molar-refractivity contribution >= 4 is 94.1 Å². The van der Waals surface area contributed by atoms with Crippen LogP contribution in [0.2, 0.25) is 0 Å². The first-order valence-electron chi connectivity index (χ1n) is 13.2. The molecule has 0 fully saturated rings. The van der Waals surface area contributed by atoms with E-state index >= 15 is 0 Å². The number of azo groups is 2. The zero-order valence-corrected chi connectivity index (χ0v) is 26.4. The lowest BCUT2D eigenvalue weighted by Crippen LogP contribution is -2.19. The summed E-state index contributed by atoms with van der Waals surface area (Å²) in [5.41, 5.74) is 5.97. The van der Waals surface area contributed by atoms with E-state index in [0.717, 1.165) is 24.3 Å². The zero-order valence-electron chi connectivity index (χ0n) is 24.0. The minimum atomic E-state index is -4.74. The maximum atomic E-state index is 12.0. The normalized spacial score (nSPS) is 13.6. The van der Waals surface area contributed by atoms with Crippen LogP contribution in [-0.2, 0) is 29.6 Å². The van der Waals surface area contributed by atoms with Gasteiger partial charge in [-0.25, -0.2) is 5.26 Å². The predicted octanol–water partition coefficient (Wildman–Crippen LogP) is 5.92. The average Bonchev–Trinajstić information content (AvgIpc) is 3.33. The number of carbonyl (C=O) groups is 2. The highest BCUT2D eigenvalue weighted by molar-refractivity contribution is 7.94. The van der Waals surface area contributed by atoms with Gasteiger partial charge in [0.05, 0.1) is 55.7 Å². The van der Waals surface area contributed by atoms with Gasteiger partial charge in [-0.1, -0.05) is 11.1 Å². The first-order chi connectivity index (χ1) is 23.2. The van der Waals surface area contributed by atoms with E-state index in [1.807, 2.05) is 0 Å². The van der Waals surface area contributed by atoms with Gasteiger partial charge in [0.1, 0.15) is 10.6 Å². The van der Waals surface area contributed by atoms with Gasteiger partial charge >= 0.3 is 0 Å². The average molecular weight is 727 g/mol. The molecule has 49 heavy (non-hydrogen) atoms. The van der Waals surface area contributed by atoms with E-state index < -0.39 is 53.3 Å². The van der Waals surface area contributed by atoms with Crippen molar-refractivity contribution in [1.29, 1.82) is 0 Å². The Kier molecular flexibility index (Phi) is 8.60. The molecule has 7 N–H and O–H groups in total. The number of rotatable bonds is 9. The Labute approximate surface area is 278 Å². The number of imide groups is 1. The molecule has 0 spiro atoms. The Morgan fingerprint density at radius 3 is 2.08 bits per heavy atom. The molecule has 0 aromatic heterocycles. The summed E-state index contributed by atoms with van der Waals surface area (Å²) in [6.45, 7) is 0. The zero-order chi connectivity index (χ0) is 35.2. The molecule has 250 valence electrons. The molecule has 5 aromatic rings. The predicted molar refractivity (Wildman–Crippen MR) is 171 cm³/mol. The third kappa shape index (κ3) is 6.42. The van der Waals surface area contributed by atoms with E-state index in [9.17, 15) is 40.6 Å². The van der Waals surface area contributed by atoms with E-state index in [-0.39, 0.29) is 60.3 Å². The third-order valence-electron chi connectivity index (χ3n) is 7.16. The molecule has 0 atom stereocenters. The van der Waals surface area contributed by atoms with Crippen LogP contribution in [0.25, 0.3) is 21.5 Å². The fourth-order valence-corrected chi connectivity index (χ4v) is 6.54. The fraction of sp³-hybridized carbons (Fsp3) is 0. The molecular formula is C28H18N6O12S3. The maximum absolute atomic E-state index is 12.0. The van der Waals surface area contributed by atoms with Crippen molar-refractivity contribution in [3.63, 3.8) is 0 Å². The Hall–Kier alpha value is -5.39. The Balaban J connectivity index is 1.47. The first kappa shape index (κ1) is 33.5. The molecule has 0 radical (unpaired) electrons. The van der Waals surface area contributed by atoms with Crippen molar-refractivity contribution in [2.75, 3.05) is 5.73 Å². The largest absolute Gasteiger partial charge is 0.505 e. The standard InChI is InChI=1S/C28H18N6O12S3/c29-24-18-11-22(47-46-45-38)25(26(35)15(18)5-8-23(24)49(42,43)44)34-33-21-7-6-20(14-4-2-13(10-17(14)21)48(39,40)41)32-31-12-1-3-16-19(9-12)28(37)30-27(16)36/h1-11,35,38H,29H2,(H,30,36,37)(H,39,40,41)(H,42,43,44). The number of benzene rings is 5. The molecule has 0 saturated heterocycles. The highest BCUT2D eigenvalue weighted by atomic mass is 32.2. The number of hydrogen-bond donors (Lipinski definition) is 6. The smallest absolute Gasteiger partial charge is 0.296 e. The highest BCUT2D eigenvalue weighted by Gasteiger charge is 2.27. The van der Waals surface area contributed by atoms with Crippen LogP contribution in [-0.4, -0.2) is 48.1 Å². The summed E-state index contributed by atoms with van der Waals surface area (Å²) in [6.07, 6.45) is 0. The molecular weight excluding hydrogens is 709 g/mol. The molecule has 2 amide bonds. The lowest BCUT2D eigenvalue weighted by molar-refractivity contribution is -0.432. The van der Waals surface area contributed by atoms with E-state index in [4.69, 9.17) is 11.0 Å². The number of fused-ring (bicyclic) bond motifs is 3. The molecule has 0 unspecified atom stereocenters. The Bertz CT molecular complexity index is 2540. The molecule has 18 nitrogen and oxygen atoms in total. The van der Waals surface area contributed by atoms with Crippen molar-refractivity contribution in [3.8, 4) is 5.75 Å². The van der Waals surface area contributed by atoms with Gasteiger partial charge < -0.3 is 10.8 Å². The number of amides is 2. The third-order valence-corrected chi connectivity index (χ3v) is 9.54. The molecule has 1 aliphatic rings. The summed E-state index contributed by atoms with van der Waals surface area (Å²) < 4.78 is 71.2. The van der Waals surface area contributed by atoms with Crippen LogP contribution in [0.15, 0.2) is 102 Å². The highest BCUT2D eigenvalue weighted by Crippen LogP contribution is 2.47. The van der Waals surface area contributed by atoms with Crippen molar-refractivity contribution in [2.24, 2.45) is 20.5 Å². The van der Waals surface area contributed by atoms with Crippen LogP contribution >= 0.6 is 12.0 Å². The van der Waals surface area contributed by atoms with Crippen molar-refractivity contribution in [1.82, 2.24) is 5.32 Å². The van der Waals surface area contributed by atoms with Gasteiger partial charge in [0.25, 0.3) is 32.1 Å². The second-order valence-corrected chi connectivity index (χ2v) is 13.6. The summed E-state index contributed by atoms with van der Waals surface area (Å²) in [4.78, 5) is 22.6. The fourth-order valence-electron chi connectivity index (χ4n) is 4.92. The topological polar surface area (TPSA) is 289 Å². The van der Waals surface area contributed by atoms with Crippen molar-refractivity contribution in [2.45, 2.75) is 14.7 Å². The maximum Gasteiger partial charge on any atom is 0.296 e. The summed E-state index contributed by atoms with van der Waals surface area (Å²) in [5.74, 6) is -1.71. The minimum Gasteiger partial charge on any atom is -0.505 e. The monoisotopic (exact) mass is 726 g/mol. The van der Waals surface area contributed by atoms with Crippen molar-refractivity contribution in [3.05, 3.63) is 77.9 Å². The van der Waals surface area contributed by atoms with Crippen molar-refractivity contribution < 1.29 is 55.3 Å². The number of nitrogens with zero attached hydrogens (tertiary/aromatic N) is 4. The number of carbonyl (C=O) groups excluding carboxylic acids is 2. The molecule has 0 bridgehead atoms. The molecule has 5 aromatic carbocycles. The molecule has 6 rings (SSSR count). The quantitative estimate of drug-likeness (QED) is 0.0196. The summed E-state index contributed by atoms with van der Waals surface area (Å²) in [7, 11) is -9.43. The number of nitrogen functional groups attached to an aromatic ring is 1. The number of nitrogens with one attached hydrogen (secondary N) is 1. The number of aromatic hydroxyl groups is 1. The lowest BCUT2D eigenvalue weighted by atomic mass is 10.1. The molecule has 0 saturated carbocycles. The summed E-state index contributed by atoms with van der Waals surface area (Å²) in [6, 6.07) is 13.9. The summed E-state index contributed by atoms with van der Waals surface area (Å²) in [5, 5.41) is 42.5.